The molecule has 1 N–H and O–H groups in total. The summed E-state index contributed by atoms with van der Waals surface area (Å²) in [6.07, 6.45) is 2.95. The number of aliphatic carboxylic acids is 1. The Hall–Kier alpha value is -1.90. The average Bonchev–Trinajstić information content (AvgIpc) is 2.32. The zero-order chi connectivity index (χ0) is 13.1. The number of carbonyl (C=O) groups excluding carboxylic acids is 1. The Kier molecular flexibility index (Phi) is 3.60. The average molecular weight is 244 g/mol. The maximum Gasteiger partial charge on any atom is 0.304 e. The lowest BCUT2D eigenvalue weighted by molar-refractivity contribution is -0.140. The summed E-state index contributed by atoms with van der Waals surface area (Å²) in [7, 11) is 0. The van der Waals surface area contributed by atoms with Crippen molar-refractivity contribution in [1.82, 2.24) is 0 Å². The lowest BCUT2D eigenvalue weighted by Gasteiger charge is -2.19. The minimum atomic E-state index is -0.902. The molecule has 1 unspecified atom stereocenters. The van der Waals surface area contributed by atoms with Crippen LogP contribution < -0.4 is 0 Å². The number of hydrogen-bond acceptors (Lipinski definition) is 2. The number of carboxylic acid groups (broad SMARTS) is 1. The maximum absolute atomic E-state index is 11.8. The number of allylic oxidation sites excluding steroid dienone is 2. The third-order valence-corrected chi connectivity index (χ3v) is 3.32. The molecule has 0 radical (unpaired) electrons. The van der Waals surface area contributed by atoms with E-state index in [2.05, 4.69) is 0 Å². The highest BCUT2D eigenvalue weighted by Crippen LogP contribution is 2.29. The summed E-state index contributed by atoms with van der Waals surface area (Å²) in [5, 5.41) is 8.72. The minimum Gasteiger partial charge on any atom is -0.481 e. The van der Waals surface area contributed by atoms with Crippen molar-refractivity contribution in [2.24, 2.45) is 5.92 Å². The standard InChI is InChI=1S/C15H16O3/c1-10-2-4-11(5-3-10)12-6-7-13(9-15(17)18)14(16)8-12/h2-5,8,13H,6-7,9H2,1H3,(H,17,18). The molecule has 2 rings (SSSR count). The van der Waals surface area contributed by atoms with E-state index in [0.717, 1.165) is 17.6 Å². The van der Waals surface area contributed by atoms with Gasteiger partial charge in [0.1, 0.15) is 0 Å². The first-order chi connectivity index (χ1) is 8.56. The van der Waals surface area contributed by atoms with Crippen molar-refractivity contribution in [3.05, 3.63) is 41.5 Å². The molecule has 94 valence electrons. The summed E-state index contributed by atoms with van der Waals surface area (Å²) in [5.41, 5.74) is 3.26. The van der Waals surface area contributed by atoms with Crippen LogP contribution in [0.1, 0.15) is 30.4 Å². The van der Waals surface area contributed by atoms with Crippen LogP contribution in [-0.4, -0.2) is 16.9 Å². The summed E-state index contributed by atoms with van der Waals surface area (Å²) in [5.74, 6) is -1.31. The van der Waals surface area contributed by atoms with Gasteiger partial charge < -0.3 is 5.11 Å². The molecule has 3 heteroatoms. The fourth-order valence-electron chi connectivity index (χ4n) is 2.24. The first kappa shape index (κ1) is 12.6. The van der Waals surface area contributed by atoms with Crippen LogP contribution in [0.2, 0.25) is 0 Å². The molecule has 0 amide bonds. The zero-order valence-electron chi connectivity index (χ0n) is 10.3. The van der Waals surface area contributed by atoms with Gasteiger partial charge in [-0.25, -0.2) is 0 Å². The summed E-state index contributed by atoms with van der Waals surface area (Å²) in [4.78, 5) is 22.5. The second-order valence-electron chi connectivity index (χ2n) is 4.77. The molecular weight excluding hydrogens is 228 g/mol. The molecule has 0 spiro atoms. The predicted octanol–water partition coefficient (Wildman–Crippen LogP) is 2.83. The highest BCUT2D eigenvalue weighted by Gasteiger charge is 2.24. The Balaban J connectivity index is 2.15. The fourth-order valence-corrected chi connectivity index (χ4v) is 2.24. The van der Waals surface area contributed by atoms with Crippen LogP contribution in [0.25, 0.3) is 5.57 Å². The van der Waals surface area contributed by atoms with Crippen LogP contribution in [0, 0.1) is 12.8 Å². The second kappa shape index (κ2) is 5.17. The number of rotatable bonds is 3. The molecule has 1 aromatic rings. The second-order valence-corrected chi connectivity index (χ2v) is 4.77. The van der Waals surface area contributed by atoms with Crippen molar-refractivity contribution in [3.63, 3.8) is 0 Å². The van der Waals surface area contributed by atoms with Crippen LogP contribution in [0.3, 0.4) is 0 Å². The summed E-state index contributed by atoms with van der Waals surface area (Å²) in [6, 6.07) is 8.05. The van der Waals surface area contributed by atoms with Gasteiger partial charge in [0.05, 0.1) is 6.42 Å². The molecule has 1 aliphatic rings. The molecule has 3 nitrogen and oxygen atoms in total. The van der Waals surface area contributed by atoms with Crippen LogP contribution in [0.5, 0.6) is 0 Å². The topological polar surface area (TPSA) is 54.4 Å². The Morgan fingerprint density at radius 2 is 2.00 bits per heavy atom. The minimum absolute atomic E-state index is 0.0563. The van der Waals surface area contributed by atoms with Crippen molar-refractivity contribution in [3.8, 4) is 0 Å². The van der Waals surface area contributed by atoms with E-state index in [1.807, 2.05) is 31.2 Å². The molecule has 0 saturated heterocycles. The quantitative estimate of drug-likeness (QED) is 0.889. The van der Waals surface area contributed by atoms with Gasteiger partial charge in [-0.2, -0.15) is 0 Å². The summed E-state index contributed by atoms with van der Waals surface area (Å²) >= 11 is 0. The Morgan fingerprint density at radius 1 is 1.33 bits per heavy atom. The number of carbonyl (C=O) groups is 2. The van der Waals surface area contributed by atoms with E-state index in [9.17, 15) is 9.59 Å². The van der Waals surface area contributed by atoms with Gasteiger partial charge >= 0.3 is 5.97 Å². The van der Waals surface area contributed by atoms with Crippen molar-refractivity contribution in [1.29, 1.82) is 0 Å². The SMILES string of the molecule is Cc1ccc(C2=CC(=O)C(CC(=O)O)CC2)cc1. The van der Waals surface area contributed by atoms with Gasteiger partial charge in [0.25, 0.3) is 0 Å². The summed E-state index contributed by atoms with van der Waals surface area (Å²) < 4.78 is 0. The van der Waals surface area contributed by atoms with Crippen LogP contribution in [0.15, 0.2) is 30.3 Å². The van der Waals surface area contributed by atoms with Crippen LogP contribution in [0.4, 0.5) is 0 Å². The van der Waals surface area contributed by atoms with Gasteiger partial charge in [-0.05, 0) is 37.0 Å². The van der Waals surface area contributed by atoms with Crippen molar-refractivity contribution in [2.75, 3.05) is 0 Å². The Morgan fingerprint density at radius 3 is 2.56 bits per heavy atom. The van der Waals surface area contributed by atoms with E-state index < -0.39 is 5.97 Å². The normalized spacial score (nSPS) is 19.5. The Labute approximate surface area is 106 Å². The van der Waals surface area contributed by atoms with E-state index in [1.165, 1.54) is 5.56 Å². The molecule has 0 saturated carbocycles. The third kappa shape index (κ3) is 2.86. The number of ketones is 1. The first-order valence-electron chi connectivity index (χ1n) is 6.09. The van der Waals surface area contributed by atoms with Crippen LogP contribution >= 0.6 is 0 Å². The first-order valence-corrected chi connectivity index (χ1v) is 6.09. The predicted molar refractivity (Wildman–Crippen MR) is 69.1 cm³/mol. The lowest BCUT2D eigenvalue weighted by atomic mass is 9.84. The van der Waals surface area contributed by atoms with Gasteiger partial charge in [-0.1, -0.05) is 29.8 Å². The third-order valence-electron chi connectivity index (χ3n) is 3.32. The molecule has 0 fully saturated rings. The molecule has 0 heterocycles. The summed E-state index contributed by atoms with van der Waals surface area (Å²) in [6.45, 7) is 2.02. The number of carboxylic acids is 1. The number of hydrogen-bond donors (Lipinski definition) is 1. The van der Waals surface area contributed by atoms with Gasteiger partial charge in [0, 0.05) is 5.92 Å². The fraction of sp³-hybridized carbons (Fsp3) is 0.333. The molecule has 1 aliphatic carbocycles. The molecule has 18 heavy (non-hydrogen) atoms. The highest BCUT2D eigenvalue weighted by molar-refractivity contribution is 6.01. The molecule has 1 atom stereocenters. The van der Waals surface area contributed by atoms with Crippen molar-refractivity contribution in [2.45, 2.75) is 26.2 Å². The maximum atomic E-state index is 11.8. The number of benzene rings is 1. The Bertz CT molecular complexity index is 497. The highest BCUT2D eigenvalue weighted by atomic mass is 16.4. The van der Waals surface area contributed by atoms with Crippen LogP contribution in [-0.2, 0) is 9.59 Å². The van der Waals surface area contributed by atoms with Gasteiger partial charge in [-0.15, -0.1) is 0 Å². The molecule has 0 aromatic heterocycles. The lowest BCUT2D eigenvalue weighted by Crippen LogP contribution is -2.20. The van der Waals surface area contributed by atoms with Crippen molar-refractivity contribution < 1.29 is 14.7 Å². The van der Waals surface area contributed by atoms with Gasteiger partial charge in [0.2, 0.25) is 0 Å². The molecular formula is C15H16O3. The zero-order valence-corrected chi connectivity index (χ0v) is 10.3. The van der Waals surface area contributed by atoms with Gasteiger partial charge in [-0.3, -0.25) is 9.59 Å². The number of aryl methyl sites for hydroxylation is 1. The monoisotopic (exact) mass is 244 g/mol. The van der Waals surface area contributed by atoms with Gasteiger partial charge in [0.15, 0.2) is 5.78 Å². The smallest absolute Gasteiger partial charge is 0.304 e. The van der Waals surface area contributed by atoms with E-state index in [0.29, 0.717) is 6.42 Å². The molecule has 0 aliphatic heterocycles. The molecule has 1 aromatic carbocycles. The van der Waals surface area contributed by atoms with E-state index in [1.54, 1.807) is 6.08 Å². The van der Waals surface area contributed by atoms with E-state index in [4.69, 9.17) is 5.11 Å². The van der Waals surface area contributed by atoms with E-state index >= 15 is 0 Å². The largest absolute Gasteiger partial charge is 0.481 e. The van der Waals surface area contributed by atoms with Crippen molar-refractivity contribution >= 4 is 17.3 Å². The molecule has 0 bridgehead atoms. The van der Waals surface area contributed by atoms with E-state index in [-0.39, 0.29) is 18.1 Å².